The summed E-state index contributed by atoms with van der Waals surface area (Å²) in [5.74, 6) is 2.59. The second-order valence-electron chi connectivity index (χ2n) is 6.02. The van der Waals surface area contributed by atoms with Crippen LogP contribution >= 0.6 is 11.8 Å². The number of rotatable bonds is 5. The normalized spacial score (nSPS) is 24.2. The van der Waals surface area contributed by atoms with Gasteiger partial charge in [0.25, 0.3) is 0 Å². The van der Waals surface area contributed by atoms with Gasteiger partial charge in [0.1, 0.15) is 11.6 Å². The van der Waals surface area contributed by atoms with Gasteiger partial charge in [-0.2, -0.15) is 0 Å². The lowest BCUT2D eigenvalue weighted by atomic mass is 9.96. The fraction of sp³-hybridized carbons (Fsp3) is 0.667. The fourth-order valence-corrected chi connectivity index (χ4v) is 3.94. The van der Waals surface area contributed by atoms with Crippen LogP contribution in [-0.2, 0) is 4.79 Å². The summed E-state index contributed by atoms with van der Waals surface area (Å²) in [5.41, 5.74) is 5.95. The summed E-state index contributed by atoms with van der Waals surface area (Å²) in [6.07, 6.45) is 4.31. The van der Waals surface area contributed by atoms with E-state index in [1.165, 1.54) is 0 Å². The number of thioether (sulfide) groups is 1. The minimum Gasteiger partial charge on any atom is -0.383 e. The number of piperidine rings is 1. The molecule has 2 atom stereocenters. The molecule has 0 unspecified atom stereocenters. The number of hydrogen-bond donors (Lipinski definition) is 2. The predicted molar refractivity (Wildman–Crippen MR) is 88.9 cm³/mol. The number of nitrogen functional groups attached to an aromatic ring is 1. The Kier molecular flexibility index (Phi) is 4.71. The first kappa shape index (κ1) is 15.4. The number of anilines is 2. The standard InChI is InChI=1S/C15H23N5OS/c1-2-3-6-22-15-18-12(16)7-13(19-15)20-8-10-4-5-11(9-20)17-14(10)21/h7,10-11H,2-6,8-9H2,1H3,(H,17,21)(H2,16,18,19)/t10-,11+/m1/s1. The molecule has 22 heavy (non-hydrogen) atoms. The molecule has 0 saturated carbocycles. The van der Waals surface area contributed by atoms with E-state index >= 15 is 0 Å². The van der Waals surface area contributed by atoms with Crippen LogP contribution in [0.5, 0.6) is 0 Å². The molecule has 0 spiro atoms. The maximum atomic E-state index is 12.0. The highest BCUT2D eigenvalue weighted by Gasteiger charge is 2.35. The molecule has 3 saturated heterocycles. The van der Waals surface area contributed by atoms with E-state index in [2.05, 4.69) is 27.1 Å². The van der Waals surface area contributed by atoms with Crippen molar-refractivity contribution in [3.05, 3.63) is 6.07 Å². The van der Waals surface area contributed by atoms with E-state index in [0.29, 0.717) is 5.82 Å². The first-order valence-corrected chi connectivity index (χ1v) is 8.97. The van der Waals surface area contributed by atoms with E-state index in [1.807, 2.05) is 6.07 Å². The third-order valence-corrected chi connectivity index (χ3v) is 5.16. The number of nitrogens with two attached hydrogens (primary N) is 1. The summed E-state index contributed by atoms with van der Waals surface area (Å²) in [5, 5.41) is 3.82. The molecular formula is C15H23N5OS. The fourth-order valence-electron chi connectivity index (χ4n) is 2.99. The van der Waals surface area contributed by atoms with Crippen molar-refractivity contribution in [2.75, 3.05) is 29.5 Å². The van der Waals surface area contributed by atoms with Crippen LogP contribution in [0.1, 0.15) is 32.6 Å². The Morgan fingerprint density at radius 3 is 3.05 bits per heavy atom. The first-order valence-electron chi connectivity index (χ1n) is 7.98. The summed E-state index contributed by atoms with van der Waals surface area (Å²) in [7, 11) is 0. The summed E-state index contributed by atoms with van der Waals surface area (Å²) in [6.45, 7) is 3.69. The van der Waals surface area contributed by atoms with Crippen LogP contribution in [0, 0.1) is 5.92 Å². The van der Waals surface area contributed by atoms with Crippen LogP contribution in [0.2, 0.25) is 0 Å². The molecule has 120 valence electrons. The Bertz CT molecular complexity index is 553. The molecule has 3 aliphatic heterocycles. The summed E-state index contributed by atoms with van der Waals surface area (Å²) in [4.78, 5) is 23.1. The molecule has 3 N–H and O–H groups in total. The lowest BCUT2D eigenvalue weighted by molar-refractivity contribution is -0.126. The van der Waals surface area contributed by atoms with Gasteiger partial charge in [-0.1, -0.05) is 25.1 Å². The molecule has 4 rings (SSSR count). The Hall–Kier alpha value is -1.50. The molecule has 4 heterocycles. The Balaban J connectivity index is 1.77. The number of amides is 1. The molecule has 2 bridgehead atoms. The summed E-state index contributed by atoms with van der Waals surface area (Å²) < 4.78 is 0. The van der Waals surface area contributed by atoms with Gasteiger partial charge in [0.2, 0.25) is 5.91 Å². The van der Waals surface area contributed by atoms with Crippen LogP contribution in [0.4, 0.5) is 11.6 Å². The van der Waals surface area contributed by atoms with Crippen LogP contribution in [0.15, 0.2) is 11.2 Å². The number of aromatic nitrogens is 2. The minimum atomic E-state index is 0.0612. The SMILES string of the molecule is CCCCSc1nc(N)cc(N2C[C@@H]3CC[C@H](C2)C(=O)N3)n1. The van der Waals surface area contributed by atoms with E-state index in [-0.39, 0.29) is 17.9 Å². The van der Waals surface area contributed by atoms with Gasteiger partial charge >= 0.3 is 0 Å². The zero-order valence-electron chi connectivity index (χ0n) is 12.9. The summed E-state index contributed by atoms with van der Waals surface area (Å²) in [6, 6.07) is 2.04. The molecular weight excluding hydrogens is 298 g/mol. The molecule has 3 aliphatic rings. The topological polar surface area (TPSA) is 84.1 Å². The molecule has 1 aromatic rings. The highest BCUT2D eigenvalue weighted by atomic mass is 32.2. The number of nitrogens with one attached hydrogen (secondary N) is 1. The van der Waals surface area contributed by atoms with Crippen LogP contribution in [0.25, 0.3) is 0 Å². The predicted octanol–water partition coefficient (Wildman–Crippen LogP) is 1.67. The van der Waals surface area contributed by atoms with Gasteiger partial charge in [-0.15, -0.1) is 0 Å². The maximum absolute atomic E-state index is 12.0. The van der Waals surface area contributed by atoms with Crippen molar-refractivity contribution in [1.29, 1.82) is 0 Å². The largest absolute Gasteiger partial charge is 0.383 e. The average Bonchev–Trinajstić information content (AvgIpc) is 2.78. The van der Waals surface area contributed by atoms with E-state index < -0.39 is 0 Å². The van der Waals surface area contributed by atoms with Crippen molar-refractivity contribution < 1.29 is 4.79 Å². The molecule has 6 nitrogen and oxygen atoms in total. The van der Waals surface area contributed by atoms with Gasteiger partial charge in [-0.3, -0.25) is 4.79 Å². The van der Waals surface area contributed by atoms with Gasteiger partial charge in [-0.05, 0) is 19.3 Å². The van der Waals surface area contributed by atoms with Crippen molar-refractivity contribution in [3.63, 3.8) is 0 Å². The minimum absolute atomic E-state index is 0.0612. The highest BCUT2D eigenvalue weighted by Crippen LogP contribution is 2.28. The second kappa shape index (κ2) is 6.73. The van der Waals surface area contributed by atoms with Gasteiger partial charge in [-0.25, -0.2) is 9.97 Å². The van der Waals surface area contributed by atoms with Crippen molar-refractivity contribution in [1.82, 2.24) is 15.3 Å². The second-order valence-corrected chi connectivity index (χ2v) is 7.08. The number of carbonyl (C=O) groups is 1. The average molecular weight is 321 g/mol. The van der Waals surface area contributed by atoms with Crippen molar-refractivity contribution >= 4 is 29.3 Å². The van der Waals surface area contributed by atoms with Gasteiger partial charge in [0.05, 0.1) is 5.92 Å². The molecule has 1 aromatic heterocycles. The van der Waals surface area contributed by atoms with E-state index in [4.69, 9.17) is 5.73 Å². The number of fused-ring (bicyclic) bond motifs is 4. The van der Waals surface area contributed by atoms with E-state index in [0.717, 1.165) is 55.5 Å². The lowest BCUT2D eigenvalue weighted by Gasteiger charge is -2.23. The summed E-state index contributed by atoms with van der Waals surface area (Å²) >= 11 is 1.65. The molecule has 0 radical (unpaired) electrons. The third-order valence-electron chi connectivity index (χ3n) is 4.23. The number of carbonyl (C=O) groups excluding carboxylic acids is 1. The maximum Gasteiger partial charge on any atom is 0.225 e. The van der Waals surface area contributed by atoms with Crippen molar-refractivity contribution in [3.8, 4) is 0 Å². The third kappa shape index (κ3) is 3.45. The first-order chi connectivity index (χ1) is 10.7. The van der Waals surface area contributed by atoms with Crippen molar-refractivity contribution in [2.45, 2.75) is 43.8 Å². The zero-order chi connectivity index (χ0) is 15.5. The lowest BCUT2D eigenvalue weighted by Crippen LogP contribution is -2.43. The number of nitrogens with zero attached hydrogens (tertiary/aromatic N) is 3. The smallest absolute Gasteiger partial charge is 0.225 e. The molecule has 7 heteroatoms. The Morgan fingerprint density at radius 1 is 1.41 bits per heavy atom. The van der Waals surface area contributed by atoms with E-state index in [9.17, 15) is 4.79 Å². The van der Waals surface area contributed by atoms with Gasteiger partial charge in [0, 0.05) is 31.0 Å². The molecule has 0 aromatic carbocycles. The van der Waals surface area contributed by atoms with Crippen LogP contribution < -0.4 is 16.0 Å². The van der Waals surface area contributed by atoms with Crippen LogP contribution in [-0.4, -0.2) is 40.8 Å². The van der Waals surface area contributed by atoms with Crippen LogP contribution in [0.3, 0.4) is 0 Å². The monoisotopic (exact) mass is 321 g/mol. The Labute approximate surface area is 135 Å². The van der Waals surface area contributed by atoms with Gasteiger partial charge < -0.3 is 16.0 Å². The highest BCUT2D eigenvalue weighted by molar-refractivity contribution is 7.99. The quantitative estimate of drug-likeness (QED) is 0.487. The van der Waals surface area contributed by atoms with Gasteiger partial charge in [0.15, 0.2) is 5.16 Å². The number of hydrogen-bond acceptors (Lipinski definition) is 6. The Morgan fingerprint density at radius 2 is 2.27 bits per heavy atom. The molecule has 0 aliphatic carbocycles. The van der Waals surface area contributed by atoms with E-state index in [1.54, 1.807) is 11.8 Å². The molecule has 1 amide bonds. The number of unbranched alkanes of at least 4 members (excludes halogenated alkanes) is 1. The molecule has 3 fully saturated rings. The zero-order valence-corrected chi connectivity index (χ0v) is 13.7. The van der Waals surface area contributed by atoms with Crippen molar-refractivity contribution in [2.24, 2.45) is 5.92 Å².